The number of carbonyl (C=O) groups is 1. The molecule has 0 spiro atoms. The van der Waals surface area contributed by atoms with Crippen LogP contribution >= 0.6 is 0 Å². The van der Waals surface area contributed by atoms with Crippen LogP contribution in [0.1, 0.15) is 64.9 Å². The third-order valence-electron chi connectivity index (χ3n) is 6.38. The van der Waals surface area contributed by atoms with Gasteiger partial charge < -0.3 is 4.90 Å². The van der Waals surface area contributed by atoms with Gasteiger partial charge in [0, 0.05) is 36.8 Å². The fourth-order valence-corrected chi connectivity index (χ4v) is 4.69. The highest BCUT2D eigenvalue weighted by molar-refractivity contribution is 5.76. The zero-order chi connectivity index (χ0) is 22.7. The van der Waals surface area contributed by atoms with Crippen molar-refractivity contribution in [3.63, 3.8) is 0 Å². The van der Waals surface area contributed by atoms with E-state index in [1.807, 2.05) is 23.4 Å². The normalized spacial score (nSPS) is 16.4. The molecule has 1 atom stereocenters. The minimum absolute atomic E-state index is 0.190. The Balaban J connectivity index is 1.43. The van der Waals surface area contributed by atoms with Gasteiger partial charge in [-0.3, -0.25) is 9.78 Å². The van der Waals surface area contributed by atoms with Crippen LogP contribution in [0.4, 0.5) is 0 Å². The Kier molecular flexibility index (Phi) is 6.68. The Morgan fingerprint density at radius 1 is 1.09 bits per heavy atom. The van der Waals surface area contributed by atoms with Crippen LogP contribution in [-0.4, -0.2) is 43.6 Å². The molecule has 0 aliphatic carbocycles. The number of rotatable bonds is 6. The van der Waals surface area contributed by atoms with Crippen molar-refractivity contribution < 1.29 is 4.79 Å². The zero-order valence-corrected chi connectivity index (χ0v) is 19.6. The molecule has 0 bridgehead atoms. The van der Waals surface area contributed by atoms with E-state index in [-0.39, 0.29) is 5.91 Å². The van der Waals surface area contributed by atoms with Crippen molar-refractivity contribution in [2.24, 2.45) is 0 Å². The SMILES string of the molecule is Cc1cc(Cc2ccccc2C)cc([C@@H]2CCCN(C(=O)CCn3nc(C)nc3C)C2)n1. The highest BCUT2D eigenvalue weighted by Gasteiger charge is 2.26. The summed E-state index contributed by atoms with van der Waals surface area (Å²) in [6.45, 7) is 10.2. The molecule has 2 aromatic heterocycles. The Labute approximate surface area is 190 Å². The molecule has 168 valence electrons. The van der Waals surface area contributed by atoms with Gasteiger partial charge in [0.1, 0.15) is 11.6 Å². The lowest BCUT2D eigenvalue weighted by Crippen LogP contribution is -2.39. The fraction of sp³-hybridized carbons (Fsp3) is 0.462. The number of pyridine rings is 1. The number of aryl methyl sites for hydroxylation is 5. The van der Waals surface area contributed by atoms with Gasteiger partial charge in [0.25, 0.3) is 0 Å². The molecular formula is C26H33N5O. The lowest BCUT2D eigenvalue weighted by Gasteiger charge is -2.33. The molecule has 1 amide bonds. The van der Waals surface area contributed by atoms with Crippen LogP contribution in [0.15, 0.2) is 36.4 Å². The molecular weight excluding hydrogens is 398 g/mol. The maximum absolute atomic E-state index is 12.9. The molecule has 1 aliphatic heterocycles. The van der Waals surface area contributed by atoms with Crippen molar-refractivity contribution in [2.75, 3.05) is 13.1 Å². The summed E-state index contributed by atoms with van der Waals surface area (Å²) in [6, 6.07) is 13.0. The van der Waals surface area contributed by atoms with Crippen molar-refractivity contribution in [1.82, 2.24) is 24.6 Å². The van der Waals surface area contributed by atoms with Gasteiger partial charge in [-0.1, -0.05) is 24.3 Å². The second-order valence-electron chi connectivity index (χ2n) is 9.00. The summed E-state index contributed by atoms with van der Waals surface area (Å²) in [4.78, 5) is 24.1. The van der Waals surface area contributed by atoms with Crippen LogP contribution in [-0.2, 0) is 17.8 Å². The first-order valence-electron chi connectivity index (χ1n) is 11.6. The third-order valence-corrected chi connectivity index (χ3v) is 6.38. The minimum Gasteiger partial charge on any atom is -0.342 e. The molecule has 4 rings (SSSR count). The van der Waals surface area contributed by atoms with Gasteiger partial charge in [0.15, 0.2) is 0 Å². The topological polar surface area (TPSA) is 63.9 Å². The van der Waals surface area contributed by atoms with Crippen LogP contribution in [0.25, 0.3) is 0 Å². The Hall–Kier alpha value is -3.02. The number of carbonyl (C=O) groups excluding carboxylic acids is 1. The lowest BCUT2D eigenvalue weighted by atomic mass is 9.91. The number of nitrogens with zero attached hydrogens (tertiary/aromatic N) is 5. The first-order chi connectivity index (χ1) is 15.4. The number of piperidine rings is 1. The fourth-order valence-electron chi connectivity index (χ4n) is 4.69. The van der Waals surface area contributed by atoms with Gasteiger partial charge in [0.2, 0.25) is 5.91 Å². The van der Waals surface area contributed by atoms with Gasteiger partial charge in [-0.15, -0.1) is 0 Å². The monoisotopic (exact) mass is 431 g/mol. The molecule has 3 aromatic rings. The van der Waals surface area contributed by atoms with E-state index >= 15 is 0 Å². The van der Waals surface area contributed by atoms with E-state index in [4.69, 9.17) is 4.98 Å². The van der Waals surface area contributed by atoms with Crippen LogP contribution in [0.3, 0.4) is 0 Å². The summed E-state index contributed by atoms with van der Waals surface area (Å²) in [5.74, 6) is 2.09. The molecule has 1 saturated heterocycles. The number of hydrogen-bond acceptors (Lipinski definition) is 4. The number of aromatic nitrogens is 4. The van der Waals surface area contributed by atoms with Crippen LogP contribution in [0.2, 0.25) is 0 Å². The highest BCUT2D eigenvalue weighted by Crippen LogP contribution is 2.28. The summed E-state index contributed by atoms with van der Waals surface area (Å²) in [7, 11) is 0. The van der Waals surface area contributed by atoms with Crippen molar-refractivity contribution in [3.05, 3.63) is 76.1 Å². The van der Waals surface area contributed by atoms with E-state index in [9.17, 15) is 4.79 Å². The second kappa shape index (κ2) is 9.63. The van der Waals surface area contributed by atoms with Gasteiger partial charge in [-0.2, -0.15) is 5.10 Å². The van der Waals surface area contributed by atoms with E-state index in [0.29, 0.717) is 18.9 Å². The van der Waals surface area contributed by atoms with Gasteiger partial charge in [-0.25, -0.2) is 9.67 Å². The Morgan fingerprint density at radius 3 is 2.66 bits per heavy atom. The quantitative estimate of drug-likeness (QED) is 0.584. The minimum atomic E-state index is 0.190. The van der Waals surface area contributed by atoms with Crippen LogP contribution in [0.5, 0.6) is 0 Å². The van der Waals surface area contributed by atoms with Gasteiger partial charge >= 0.3 is 0 Å². The predicted octanol–water partition coefficient (Wildman–Crippen LogP) is 4.29. The summed E-state index contributed by atoms with van der Waals surface area (Å²) in [5, 5.41) is 4.37. The van der Waals surface area contributed by atoms with Crippen LogP contribution in [0, 0.1) is 27.7 Å². The summed E-state index contributed by atoms with van der Waals surface area (Å²) in [6.07, 6.45) is 3.46. The predicted molar refractivity (Wildman–Crippen MR) is 126 cm³/mol. The molecule has 0 saturated carbocycles. The first-order valence-corrected chi connectivity index (χ1v) is 11.6. The van der Waals surface area contributed by atoms with E-state index < -0.39 is 0 Å². The van der Waals surface area contributed by atoms with E-state index in [1.165, 1.54) is 16.7 Å². The smallest absolute Gasteiger partial charge is 0.224 e. The highest BCUT2D eigenvalue weighted by atomic mass is 16.2. The Bertz CT molecular complexity index is 1100. The molecule has 1 aliphatic rings. The molecule has 1 aromatic carbocycles. The average molecular weight is 432 g/mol. The number of likely N-dealkylation sites (tertiary alicyclic amines) is 1. The summed E-state index contributed by atoms with van der Waals surface area (Å²) < 4.78 is 1.83. The summed E-state index contributed by atoms with van der Waals surface area (Å²) in [5.41, 5.74) is 6.13. The van der Waals surface area contributed by atoms with E-state index in [2.05, 4.69) is 60.3 Å². The molecule has 0 N–H and O–H groups in total. The van der Waals surface area contributed by atoms with E-state index in [1.54, 1.807) is 0 Å². The number of benzene rings is 1. The maximum Gasteiger partial charge on any atom is 0.224 e. The van der Waals surface area contributed by atoms with E-state index in [0.717, 1.165) is 55.4 Å². The third kappa shape index (κ3) is 5.23. The standard InChI is InChI=1S/C26H33N5O/c1-18-8-5-6-9-23(18)15-22-14-19(2)27-25(16-22)24-10-7-12-30(17-24)26(32)11-13-31-21(4)28-20(3)29-31/h5-6,8-9,14,16,24H,7,10-13,15,17H2,1-4H3/t24-/m1/s1. The summed E-state index contributed by atoms with van der Waals surface area (Å²) >= 11 is 0. The molecule has 0 unspecified atom stereocenters. The van der Waals surface area contributed by atoms with Gasteiger partial charge in [-0.05, 0) is 75.8 Å². The molecule has 6 nitrogen and oxygen atoms in total. The molecule has 3 heterocycles. The average Bonchev–Trinajstić information content (AvgIpc) is 3.10. The zero-order valence-electron chi connectivity index (χ0n) is 19.6. The number of hydrogen-bond donors (Lipinski definition) is 0. The first kappa shape index (κ1) is 22.2. The maximum atomic E-state index is 12.9. The number of amides is 1. The van der Waals surface area contributed by atoms with Crippen molar-refractivity contribution in [3.8, 4) is 0 Å². The lowest BCUT2D eigenvalue weighted by molar-refractivity contribution is -0.132. The molecule has 0 radical (unpaired) electrons. The molecule has 1 fully saturated rings. The largest absolute Gasteiger partial charge is 0.342 e. The van der Waals surface area contributed by atoms with Crippen molar-refractivity contribution >= 4 is 5.91 Å². The van der Waals surface area contributed by atoms with Gasteiger partial charge in [0.05, 0.1) is 6.54 Å². The Morgan fingerprint density at radius 2 is 1.91 bits per heavy atom. The second-order valence-corrected chi connectivity index (χ2v) is 9.00. The van der Waals surface area contributed by atoms with Crippen LogP contribution < -0.4 is 0 Å². The van der Waals surface area contributed by atoms with Crippen molar-refractivity contribution in [1.29, 1.82) is 0 Å². The van der Waals surface area contributed by atoms with Crippen molar-refractivity contribution in [2.45, 2.75) is 65.8 Å². The molecule has 32 heavy (non-hydrogen) atoms. The molecule has 6 heteroatoms.